The number of hydrazone groups is 1. The maximum absolute atomic E-state index is 13.3. The van der Waals surface area contributed by atoms with Gasteiger partial charge in [-0.25, -0.2) is 10.5 Å². The highest BCUT2D eigenvalue weighted by Crippen LogP contribution is 2.21. The van der Waals surface area contributed by atoms with Gasteiger partial charge in [-0.05, 0) is 47.7 Å². The largest absolute Gasteiger partial charge is 0.335 e. The van der Waals surface area contributed by atoms with E-state index in [4.69, 9.17) is 0 Å². The van der Waals surface area contributed by atoms with Gasteiger partial charge >= 0.3 is 0 Å². The van der Waals surface area contributed by atoms with E-state index in [1.54, 1.807) is 54.6 Å². The highest BCUT2D eigenvalue weighted by Gasteiger charge is 2.27. The summed E-state index contributed by atoms with van der Waals surface area (Å²) in [6.07, 6.45) is 3.48. The highest BCUT2D eigenvalue weighted by atomic mass is 16.2. The Hall–Kier alpha value is -4.85. The van der Waals surface area contributed by atoms with Crippen LogP contribution in [0.4, 0.5) is 0 Å². The van der Waals surface area contributed by atoms with Crippen molar-refractivity contribution in [1.29, 1.82) is 0 Å². The third-order valence-corrected chi connectivity index (χ3v) is 6.01. The molecule has 4 rings (SSSR count). The third kappa shape index (κ3) is 6.28. The number of allylic oxidation sites excluding steroid dienone is 1. The normalized spacial score (nSPS) is 12.6. The lowest BCUT2D eigenvalue weighted by atomic mass is 10.0. The molecule has 0 saturated carbocycles. The van der Waals surface area contributed by atoms with Gasteiger partial charge in [-0.2, -0.15) is 10.2 Å². The molecule has 0 saturated heterocycles. The molecule has 38 heavy (non-hydrogen) atoms. The zero-order chi connectivity index (χ0) is 27.1. The molecule has 1 aromatic heterocycles. The molecule has 4 aromatic rings. The number of carbonyl (C=O) groups is 2. The number of benzene rings is 3. The molecule has 1 atom stereocenters. The molecule has 0 aliphatic carbocycles. The lowest BCUT2D eigenvalue weighted by Crippen LogP contribution is -2.40. The van der Waals surface area contributed by atoms with Crippen LogP contribution in [0.15, 0.2) is 94.3 Å². The number of nitrogens with zero attached hydrogens (tertiary/aromatic N) is 2. The van der Waals surface area contributed by atoms with Gasteiger partial charge in [0.05, 0.1) is 11.6 Å². The van der Waals surface area contributed by atoms with Crippen molar-refractivity contribution in [2.75, 3.05) is 0 Å². The van der Waals surface area contributed by atoms with Gasteiger partial charge in [-0.3, -0.25) is 14.4 Å². The fourth-order valence-electron chi connectivity index (χ4n) is 3.96. The molecule has 0 bridgehead atoms. The van der Waals surface area contributed by atoms with Crippen molar-refractivity contribution < 1.29 is 9.59 Å². The summed E-state index contributed by atoms with van der Waals surface area (Å²) in [7, 11) is 0. The van der Waals surface area contributed by atoms with Crippen LogP contribution in [0.25, 0.3) is 16.8 Å². The van der Waals surface area contributed by atoms with E-state index in [1.807, 2.05) is 25.1 Å². The second kappa shape index (κ2) is 11.9. The van der Waals surface area contributed by atoms with Crippen LogP contribution in [0.5, 0.6) is 0 Å². The summed E-state index contributed by atoms with van der Waals surface area (Å²) in [4.78, 5) is 38.5. The second-order valence-electron chi connectivity index (χ2n) is 9.20. The summed E-state index contributed by atoms with van der Waals surface area (Å²) in [5, 5.41) is 14.2. The summed E-state index contributed by atoms with van der Waals surface area (Å²) in [5.41, 5.74) is 5.79. The Labute approximate surface area is 220 Å². The first-order chi connectivity index (χ1) is 18.3. The van der Waals surface area contributed by atoms with Gasteiger partial charge in [0.2, 0.25) is 0 Å². The summed E-state index contributed by atoms with van der Waals surface area (Å²) < 4.78 is 0. The first kappa shape index (κ1) is 26.2. The Morgan fingerprint density at radius 1 is 0.921 bits per heavy atom. The monoisotopic (exact) mass is 507 g/mol. The fourth-order valence-corrected chi connectivity index (χ4v) is 3.96. The number of H-pyrrole nitrogens is 1. The summed E-state index contributed by atoms with van der Waals surface area (Å²) in [5.74, 6) is -0.618. The number of carbonyl (C=O) groups excluding carboxylic acids is 2. The van der Waals surface area contributed by atoms with Crippen LogP contribution in [0.3, 0.4) is 0 Å². The number of fused-ring (bicyclic) bond motifs is 1. The van der Waals surface area contributed by atoms with Gasteiger partial charge in [0.1, 0.15) is 5.69 Å². The molecule has 3 N–H and O–H groups in total. The molecular weight excluding hydrogens is 478 g/mol. The molecule has 1 heterocycles. The standard InChI is InChI=1S/C30H29N5O3/c1-19(2)22-15-13-21(14-16-22)17-20(3)18-31-34-30(38)27(32-28(36)23-9-5-4-6-10-23)26-24-11-7-8-12-25(24)29(37)35-33-26/h4-19,27H,1-3H3,(H,32,36)(H,34,38)(H,35,37)/b20-17+,31-18+/t27-/m1/s1. The van der Waals surface area contributed by atoms with Gasteiger partial charge in [0.15, 0.2) is 6.04 Å². The first-order valence-corrected chi connectivity index (χ1v) is 12.3. The molecule has 8 heteroatoms. The number of aromatic amines is 1. The van der Waals surface area contributed by atoms with Gasteiger partial charge < -0.3 is 5.32 Å². The number of nitrogens with one attached hydrogen (secondary N) is 3. The quantitative estimate of drug-likeness (QED) is 0.236. The number of amides is 2. The van der Waals surface area contributed by atoms with E-state index >= 15 is 0 Å². The smallest absolute Gasteiger partial charge is 0.272 e. The zero-order valence-corrected chi connectivity index (χ0v) is 21.4. The SMILES string of the molecule is CC(/C=N/NC(=O)[C@H](NC(=O)c1ccccc1)c1n[nH]c(=O)c2ccccc12)=C\c1ccc(C(C)C)cc1. The molecule has 192 valence electrons. The predicted molar refractivity (Wildman–Crippen MR) is 150 cm³/mol. The predicted octanol–water partition coefficient (Wildman–Crippen LogP) is 4.72. The van der Waals surface area contributed by atoms with Crippen molar-refractivity contribution in [1.82, 2.24) is 20.9 Å². The minimum atomic E-state index is -1.21. The minimum Gasteiger partial charge on any atom is -0.335 e. The Balaban J connectivity index is 1.58. The van der Waals surface area contributed by atoms with Gasteiger partial charge in [-0.1, -0.05) is 80.6 Å². The van der Waals surface area contributed by atoms with Crippen LogP contribution < -0.4 is 16.3 Å². The average Bonchev–Trinajstić information content (AvgIpc) is 2.93. The van der Waals surface area contributed by atoms with Gasteiger partial charge in [-0.15, -0.1) is 0 Å². The second-order valence-corrected chi connectivity index (χ2v) is 9.20. The van der Waals surface area contributed by atoms with Crippen molar-refractivity contribution in [2.45, 2.75) is 32.7 Å². The van der Waals surface area contributed by atoms with E-state index in [1.165, 1.54) is 11.8 Å². The molecular formula is C30H29N5O3. The lowest BCUT2D eigenvalue weighted by molar-refractivity contribution is -0.123. The Kier molecular flexibility index (Phi) is 8.23. The Bertz CT molecular complexity index is 1550. The number of rotatable bonds is 8. The van der Waals surface area contributed by atoms with Crippen LogP contribution in [0.1, 0.15) is 59.9 Å². The van der Waals surface area contributed by atoms with Crippen LogP contribution in [-0.4, -0.2) is 28.2 Å². The lowest BCUT2D eigenvalue weighted by Gasteiger charge is -2.18. The van der Waals surface area contributed by atoms with Gasteiger partial charge in [0, 0.05) is 10.9 Å². The number of hydrogen-bond acceptors (Lipinski definition) is 5. The van der Waals surface area contributed by atoms with Crippen LogP contribution in [0.2, 0.25) is 0 Å². The fraction of sp³-hybridized carbons (Fsp3) is 0.167. The summed E-state index contributed by atoms with van der Waals surface area (Å²) >= 11 is 0. The van der Waals surface area contributed by atoms with Crippen molar-refractivity contribution >= 4 is 34.9 Å². The van der Waals surface area contributed by atoms with E-state index in [9.17, 15) is 14.4 Å². The topological polar surface area (TPSA) is 116 Å². The van der Waals surface area contributed by atoms with Crippen molar-refractivity contribution in [3.8, 4) is 0 Å². The highest BCUT2D eigenvalue weighted by molar-refractivity contribution is 5.99. The Morgan fingerprint density at radius 3 is 2.26 bits per heavy atom. The molecule has 8 nitrogen and oxygen atoms in total. The number of aromatic nitrogens is 2. The molecule has 0 spiro atoms. The first-order valence-electron chi connectivity index (χ1n) is 12.3. The van der Waals surface area contributed by atoms with Crippen LogP contribution in [-0.2, 0) is 4.79 Å². The van der Waals surface area contributed by atoms with Crippen molar-refractivity contribution in [3.05, 3.63) is 117 Å². The van der Waals surface area contributed by atoms with Crippen LogP contribution in [0, 0.1) is 0 Å². The molecule has 2 amide bonds. The maximum Gasteiger partial charge on any atom is 0.272 e. The van der Waals surface area contributed by atoms with Crippen LogP contribution >= 0.6 is 0 Å². The van der Waals surface area contributed by atoms with E-state index in [2.05, 4.69) is 52.0 Å². The molecule has 0 radical (unpaired) electrons. The zero-order valence-electron chi connectivity index (χ0n) is 21.4. The van der Waals surface area contributed by atoms with E-state index < -0.39 is 23.4 Å². The molecule has 3 aromatic carbocycles. The maximum atomic E-state index is 13.3. The van der Waals surface area contributed by atoms with Crippen molar-refractivity contribution in [2.24, 2.45) is 5.10 Å². The molecule has 0 aliphatic heterocycles. The third-order valence-electron chi connectivity index (χ3n) is 6.01. The molecule has 0 aliphatic rings. The Morgan fingerprint density at radius 2 is 1.58 bits per heavy atom. The van der Waals surface area contributed by atoms with E-state index in [0.29, 0.717) is 22.3 Å². The van der Waals surface area contributed by atoms with E-state index in [-0.39, 0.29) is 5.69 Å². The van der Waals surface area contributed by atoms with Crippen molar-refractivity contribution in [3.63, 3.8) is 0 Å². The van der Waals surface area contributed by atoms with Gasteiger partial charge in [0.25, 0.3) is 17.4 Å². The molecule has 0 fully saturated rings. The molecule has 0 unspecified atom stereocenters. The minimum absolute atomic E-state index is 0.203. The summed E-state index contributed by atoms with van der Waals surface area (Å²) in [6, 6.07) is 22.3. The number of hydrogen-bond donors (Lipinski definition) is 3. The van der Waals surface area contributed by atoms with E-state index in [0.717, 1.165) is 11.1 Å². The summed E-state index contributed by atoms with van der Waals surface area (Å²) in [6.45, 7) is 6.16. The average molecular weight is 508 g/mol.